The zero-order chi connectivity index (χ0) is 13.9. The fourth-order valence-corrected chi connectivity index (χ4v) is 2.54. The number of nitrogens with one attached hydrogen (secondary N) is 1. The number of halogens is 1. The minimum Gasteiger partial charge on any atom is -0.326 e. The van der Waals surface area contributed by atoms with Crippen molar-refractivity contribution in [3.8, 4) is 0 Å². The number of fused-ring (bicyclic) bond motifs is 1. The van der Waals surface area contributed by atoms with Gasteiger partial charge in [-0.25, -0.2) is 0 Å². The molecule has 100 valence electrons. The van der Waals surface area contributed by atoms with Gasteiger partial charge in [-0.1, -0.05) is 54.1 Å². The molecule has 0 fully saturated rings. The number of amides is 1. The lowest BCUT2D eigenvalue weighted by molar-refractivity contribution is -0.116. The lowest BCUT2D eigenvalue weighted by atomic mass is 10.0. The Hall–Kier alpha value is -2.06. The zero-order valence-electron chi connectivity index (χ0n) is 10.9. The Balaban J connectivity index is 1.92. The van der Waals surface area contributed by atoms with E-state index in [1.54, 1.807) is 0 Å². The molecule has 1 aliphatic rings. The number of benzene rings is 2. The van der Waals surface area contributed by atoms with Gasteiger partial charge in [-0.3, -0.25) is 4.79 Å². The molecule has 0 saturated carbocycles. The number of anilines is 1. The number of hydrogen-bond acceptors (Lipinski definition) is 1. The van der Waals surface area contributed by atoms with Crippen molar-refractivity contribution in [3.05, 3.63) is 64.2 Å². The van der Waals surface area contributed by atoms with Crippen LogP contribution in [0.2, 0.25) is 5.02 Å². The molecular weight excluding hydrogens is 270 g/mol. The van der Waals surface area contributed by atoms with Gasteiger partial charge in [-0.15, -0.1) is 0 Å². The molecule has 1 N–H and O–H groups in total. The van der Waals surface area contributed by atoms with Crippen molar-refractivity contribution in [1.29, 1.82) is 0 Å². The van der Waals surface area contributed by atoms with E-state index in [0.717, 1.165) is 28.8 Å². The van der Waals surface area contributed by atoms with Crippen molar-refractivity contribution in [2.24, 2.45) is 0 Å². The van der Waals surface area contributed by atoms with Crippen LogP contribution in [0.5, 0.6) is 0 Å². The van der Waals surface area contributed by atoms with Crippen LogP contribution in [0.15, 0.2) is 42.5 Å². The summed E-state index contributed by atoms with van der Waals surface area (Å²) >= 11 is 6.30. The Bertz CT molecular complexity index is 677. The van der Waals surface area contributed by atoms with Crippen molar-refractivity contribution < 1.29 is 4.79 Å². The minimum absolute atomic E-state index is 0.0674. The Labute approximate surface area is 123 Å². The van der Waals surface area contributed by atoms with Crippen LogP contribution >= 0.6 is 11.6 Å². The van der Waals surface area contributed by atoms with Crippen LogP contribution in [-0.4, -0.2) is 5.91 Å². The van der Waals surface area contributed by atoms with Crippen LogP contribution < -0.4 is 5.32 Å². The average Bonchev–Trinajstić information content (AvgIpc) is 2.46. The highest BCUT2D eigenvalue weighted by Gasteiger charge is 2.16. The van der Waals surface area contributed by atoms with E-state index in [0.29, 0.717) is 11.4 Å². The minimum atomic E-state index is 0.0674. The summed E-state index contributed by atoms with van der Waals surface area (Å²) in [7, 11) is 0. The maximum Gasteiger partial charge on any atom is 0.224 e. The predicted octanol–water partition coefficient (Wildman–Crippen LogP) is 4.40. The Morgan fingerprint density at radius 1 is 1.05 bits per heavy atom. The largest absolute Gasteiger partial charge is 0.326 e. The summed E-state index contributed by atoms with van der Waals surface area (Å²) in [5, 5.41) is 3.61. The highest BCUT2D eigenvalue weighted by atomic mass is 35.5. The van der Waals surface area contributed by atoms with Gasteiger partial charge in [-0.05, 0) is 35.2 Å². The summed E-state index contributed by atoms with van der Waals surface area (Å²) in [5.41, 5.74) is 4.01. The van der Waals surface area contributed by atoms with E-state index in [4.69, 9.17) is 11.6 Å². The molecule has 0 bridgehead atoms. The van der Waals surface area contributed by atoms with Gasteiger partial charge in [-0.2, -0.15) is 0 Å². The van der Waals surface area contributed by atoms with Crippen LogP contribution in [0, 0.1) is 0 Å². The molecule has 2 aromatic carbocycles. The Kier molecular flexibility index (Phi) is 3.57. The topological polar surface area (TPSA) is 29.1 Å². The summed E-state index contributed by atoms with van der Waals surface area (Å²) < 4.78 is 0. The maximum atomic E-state index is 11.4. The molecule has 0 saturated heterocycles. The molecule has 3 heteroatoms. The molecule has 0 aliphatic carbocycles. The number of hydrogen-bond donors (Lipinski definition) is 1. The lowest BCUT2D eigenvalue weighted by Gasteiger charge is -2.17. The monoisotopic (exact) mass is 283 g/mol. The molecule has 0 radical (unpaired) electrons. The van der Waals surface area contributed by atoms with E-state index in [2.05, 4.69) is 5.32 Å². The zero-order valence-corrected chi connectivity index (χ0v) is 11.7. The van der Waals surface area contributed by atoms with Gasteiger partial charge in [0.25, 0.3) is 0 Å². The first kappa shape index (κ1) is 12.9. The molecule has 1 aliphatic heterocycles. The molecule has 3 rings (SSSR count). The van der Waals surface area contributed by atoms with E-state index in [1.807, 2.05) is 54.6 Å². The lowest BCUT2D eigenvalue weighted by Crippen LogP contribution is -2.18. The first-order valence-corrected chi connectivity index (χ1v) is 6.95. The second-order valence-corrected chi connectivity index (χ2v) is 5.23. The smallest absolute Gasteiger partial charge is 0.224 e. The highest BCUT2D eigenvalue weighted by molar-refractivity contribution is 6.32. The second-order valence-electron chi connectivity index (χ2n) is 4.82. The SMILES string of the molecule is O=C1CCc2cc(Cl)c(/C=C/c3ccccc3)cc2N1. The summed E-state index contributed by atoms with van der Waals surface area (Å²) in [5.74, 6) is 0.0674. The third-order valence-corrected chi connectivity index (χ3v) is 3.70. The third-order valence-electron chi connectivity index (χ3n) is 3.37. The van der Waals surface area contributed by atoms with Crippen LogP contribution in [0.1, 0.15) is 23.1 Å². The van der Waals surface area contributed by atoms with E-state index in [1.165, 1.54) is 0 Å². The van der Waals surface area contributed by atoms with Crippen molar-refractivity contribution in [3.63, 3.8) is 0 Å². The molecule has 0 atom stereocenters. The van der Waals surface area contributed by atoms with Crippen LogP contribution in [0.25, 0.3) is 12.2 Å². The molecule has 2 nitrogen and oxygen atoms in total. The van der Waals surface area contributed by atoms with Crippen LogP contribution in [0.4, 0.5) is 5.69 Å². The van der Waals surface area contributed by atoms with E-state index < -0.39 is 0 Å². The number of carbonyl (C=O) groups is 1. The highest BCUT2D eigenvalue weighted by Crippen LogP contribution is 2.30. The second kappa shape index (κ2) is 5.51. The van der Waals surface area contributed by atoms with Crippen molar-refractivity contribution >= 4 is 35.3 Å². The Morgan fingerprint density at radius 2 is 1.85 bits per heavy atom. The first-order chi connectivity index (χ1) is 9.72. The fourth-order valence-electron chi connectivity index (χ4n) is 2.29. The molecule has 2 aromatic rings. The standard InChI is InChI=1S/C17H14ClNO/c18-15-10-14-8-9-17(20)19-16(14)11-13(15)7-6-12-4-2-1-3-5-12/h1-7,10-11H,8-9H2,(H,19,20)/b7-6+. The average molecular weight is 284 g/mol. The van der Waals surface area contributed by atoms with Gasteiger partial charge < -0.3 is 5.32 Å². The summed E-state index contributed by atoms with van der Waals surface area (Å²) in [4.78, 5) is 11.4. The quantitative estimate of drug-likeness (QED) is 0.814. The summed E-state index contributed by atoms with van der Waals surface area (Å²) in [6.45, 7) is 0. The van der Waals surface area contributed by atoms with Crippen LogP contribution in [-0.2, 0) is 11.2 Å². The van der Waals surface area contributed by atoms with Gasteiger partial charge >= 0.3 is 0 Å². The normalized spacial score (nSPS) is 14.2. The van der Waals surface area contributed by atoms with E-state index >= 15 is 0 Å². The van der Waals surface area contributed by atoms with Gasteiger partial charge in [0, 0.05) is 17.1 Å². The molecule has 1 heterocycles. The molecule has 20 heavy (non-hydrogen) atoms. The molecule has 1 amide bonds. The van der Waals surface area contributed by atoms with Crippen molar-refractivity contribution in [2.45, 2.75) is 12.8 Å². The van der Waals surface area contributed by atoms with Gasteiger partial charge in [0.05, 0.1) is 0 Å². The molecule has 0 aromatic heterocycles. The van der Waals surface area contributed by atoms with Crippen molar-refractivity contribution in [1.82, 2.24) is 0 Å². The van der Waals surface area contributed by atoms with Crippen LogP contribution in [0.3, 0.4) is 0 Å². The number of aryl methyl sites for hydroxylation is 1. The summed E-state index contributed by atoms with van der Waals surface area (Å²) in [6, 6.07) is 13.9. The molecule has 0 unspecified atom stereocenters. The predicted molar refractivity (Wildman–Crippen MR) is 83.8 cm³/mol. The van der Waals surface area contributed by atoms with Gasteiger partial charge in [0.2, 0.25) is 5.91 Å². The third kappa shape index (κ3) is 2.75. The Morgan fingerprint density at radius 3 is 2.65 bits per heavy atom. The molecule has 0 spiro atoms. The first-order valence-electron chi connectivity index (χ1n) is 6.58. The summed E-state index contributed by atoms with van der Waals surface area (Å²) in [6.07, 6.45) is 5.27. The fraction of sp³-hybridized carbons (Fsp3) is 0.118. The van der Waals surface area contributed by atoms with Crippen molar-refractivity contribution in [2.75, 3.05) is 5.32 Å². The maximum absolute atomic E-state index is 11.4. The van der Waals surface area contributed by atoms with E-state index in [-0.39, 0.29) is 5.91 Å². The number of rotatable bonds is 2. The number of carbonyl (C=O) groups excluding carboxylic acids is 1. The van der Waals surface area contributed by atoms with Gasteiger partial charge in [0.15, 0.2) is 0 Å². The van der Waals surface area contributed by atoms with E-state index in [9.17, 15) is 4.79 Å². The molecular formula is C17H14ClNO. The van der Waals surface area contributed by atoms with Gasteiger partial charge in [0.1, 0.15) is 0 Å².